The van der Waals surface area contributed by atoms with Gasteiger partial charge in [-0.25, -0.2) is 9.69 Å². The number of hydrogen-bond donors (Lipinski definition) is 1. The Morgan fingerprint density at radius 3 is 1.92 bits per heavy atom. The van der Waals surface area contributed by atoms with E-state index in [1.807, 2.05) is 69.3 Å². The summed E-state index contributed by atoms with van der Waals surface area (Å²) in [7, 11) is 0. The van der Waals surface area contributed by atoms with Gasteiger partial charge in [-0.15, -0.1) is 0 Å². The molecule has 0 radical (unpaired) electrons. The van der Waals surface area contributed by atoms with Crippen molar-refractivity contribution in [3.63, 3.8) is 0 Å². The van der Waals surface area contributed by atoms with Crippen LogP contribution in [-0.4, -0.2) is 34.2 Å². The Morgan fingerprint density at radius 2 is 1.39 bits per heavy atom. The van der Waals surface area contributed by atoms with Gasteiger partial charge in [0.1, 0.15) is 17.0 Å². The van der Waals surface area contributed by atoms with Gasteiger partial charge in [0.15, 0.2) is 0 Å². The fraction of sp³-hybridized carbons (Fsp3) is 0.345. The first kappa shape index (κ1) is 26.9. The summed E-state index contributed by atoms with van der Waals surface area (Å²) in [5.41, 5.74) is 8.37. The van der Waals surface area contributed by atoms with Crippen molar-refractivity contribution in [1.82, 2.24) is 4.98 Å². The van der Waals surface area contributed by atoms with Crippen LogP contribution in [0.15, 0.2) is 73.1 Å². The van der Waals surface area contributed by atoms with E-state index in [0.717, 1.165) is 27.3 Å². The highest BCUT2D eigenvalue weighted by atomic mass is 16.6. The van der Waals surface area contributed by atoms with E-state index in [4.69, 9.17) is 15.2 Å². The number of pyridine rings is 1. The van der Waals surface area contributed by atoms with E-state index in [0.29, 0.717) is 5.69 Å². The van der Waals surface area contributed by atoms with Crippen LogP contribution < -0.4 is 15.4 Å². The largest absolute Gasteiger partial charge is 0.488 e. The molecule has 36 heavy (non-hydrogen) atoms. The predicted octanol–water partition coefficient (Wildman–Crippen LogP) is 5.76. The molecule has 0 fully saturated rings. The molecule has 0 unspecified atom stereocenters. The number of hydrogen-bond acceptors (Lipinski definition) is 6. The van der Waals surface area contributed by atoms with Crippen LogP contribution in [0.3, 0.4) is 0 Å². The Hall–Kier alpha value is -3.71. The number of nitrogens with two attached hydrogens (primary N) is 1. The van der Waals surface area contributed by atoms with E-state index in [9.17, 15) is 9.59 Å². The number of carbonyl (C=O) groups excluding carboxylic acids is 2. The van der Waals surface area contributed by atoms with Gasteiger partial charge in [-0.1, -0.05) is 24.3 Å². The molecule has 0 saturated carbocycles. The summed E-state index contributed by atoms with van der Waals surface area (Å²) in [5.74, 6) is 0.187. The molecule has 0 spiro atoms. The third-order valence-corrected chi connectivity index (χ3v) is 5.06. The number of anilines is 1. The predicted molar refractivity (Wildman–Crippen MR) is 142 cm³/mol. The highest BCUT2D eigenvalue weighted by molar-refractivity contribution is 6.14. The van der Waals surface area contributed by atoms with Crippen molar-refractivity contribution < 1.29 is 19.1 Å². The minimum Gasteiger partial charge on any atom is -0.488 e. The number of ether oxygens (including phenoxy) is 2. The molecule has 7 heteroatoms. The molecule has 3 rings (SSSR count). The maximum Gasteiger partial charge on any atom is 0.421 e. The van der Waals surface area contributed by atoms with Crippen molar-refractivity contribution in [2.24, 2.45) is 5.73 Å². The van der Waals surface area contributed by atoms with E-state index in [-0.39, 0.29) is 12.0 Å². The molecule has 2 aromatic carbocycles. The van der Waals surface area contributed by atoms with Gasteiger partial charge in [0.25, 0.3) is 5.91 Å². The summed E-state index contributed by atoms with van der Waals surface area (Å²) in [4.78, 5) is 31.6. The SMILES string of the molecule is CC(C)(C)OC(=O)N(C(=O)[C@H](N)Cc1ccc(OC(C)(C)C)cc1)c1ccc(-c2ccncc2)cc1. The average Bonchev–Trinajstić information content (AvgIpc) is 2.79. The first-order valence-corrected chi connectivity index (χ1v) is 11.9. The Bertz CT molecular complexity index is 1160. The summed E-state index contributed by atoms with van der Waals surface area (Å²) >= 11 is 0. The van der Waals surface area contributed by atoms with Crippen molar-refractivity contribution in [3.8, 4) is 16.9 Å². The zero-order valence-electron chi connectivity index (χ0n) is 21.8. The summed E-state index contributed by atoms with van der Waals surface area (Å²) in [6.07, 6.45) is 2.90. The van der Waals surface area contributed by atoms with E-state index >= 15 is 0 Å². The van der Waals surface area contributed by atoms with Crippen molar-refractivity contribution >= 4 is 17.7 Å². The first-order valence-electron chi connectivity index (χ1n) is 11.9. The lowest BCUT2D eigenvalue weighted by Gasteiger charge is -2.28. The van der Waals surface area contributed by atoms with Crippen molar-refractivity contribution in [1.29, 1.82) is 0 Å². The third kappa shape index (κ3) is 7.65. The molecule has 190 valence electrons. The van der Waals surface area contributed by atoms with Crippen LogP contribution in [0.2, 0.25) is 0 Å². The Morgan fingerprint density at radius 1 is 0.833 bits per heavy atom. The van der Waals surface area contributed by atoms with Crippen LogP contribution in [0, 0.1) is 0 Å². The normalized spacial score (nSPS) is 12.5. The monoisotopic (exact) mass is 489 g/mol. The number of imide groups is 1. The molecular weight excluding hydrogens is 454 g/mol. The number of benzene rings is 2. The van der Waals surface area contributed by atoms with E-state index in [1.54, 1.807) is 45.3 Å². The van der Waals surface area contributed by atoms with Gasteiger partial charge in [0.2, 0.25) is 0 Å². The molecular formula is C29H35N3O4. The number of carbonyl (C=O) groups is 2. The minimum atomic E-state index is -0.952. The molecule has 3 aromatic rings. The average molecular weight is 490 g/mol. The lowest BCUT2D eigenvalue weighted by Crippen LogP contribution is -2.49. The second kappa shape index (κ2) is 10.9. The number of nitrogens with zero attached hydrogens (tertiary/aromatic N) is 2. The topological polar surface area (TPSA) is 94.8 Å². The van der Waals surface area contributed by atoms with Crippen molar-refractivity contribution in [2.45, 2.75) is 65.2 Å². The first-order chi connectivity index (χ1) is 16.8. The van der Waals surface area contributed by atoms with Crippen LogP contribution in [0.4, 0.5) is 10.5 Å². The fourth-order valence-electron chi connectivity index (χ4n) is 3.53. The van der Waals surface area contributed by atoms with Gasteiger partial charge >= 0.3 is 6.09 Å². The number of aromatic nitrogens is 1. The summed E-state index contributed by atoms with van der Waals surface area (Å²) in [6, 6.07) is 17.4. The van der Waals surface area contributed by atoms with Crippen LogP contribution >= 0.6 is 0 Å². The Kier molecular flexibility index (Phi) is 8.15. The maximum atomic E-state index is 13.5. The molecule has 1 aromatic heterocycles. The highest BCUT2D eigenvalue weighted by Gasteiger charge is 2.32. The molecule has 1 heterocycles. The molecule has 2 amide bonds. The quantitative estimate of drug-likeness (QED) is 0.473. The molecule has 0 aliphatic carbocycles. The lowest BCUT2D eigenvalue weighted by molar-refractivity contribution is -0.119. The van der Waals surface area contributed by atoms with Crippen LogP contribution in [0.25, 0.3) is 11.1 Å². The molecule has 0 aliphatic rings. The zero-order valence-corrected chi connectivity index (χ0v) is 21.8. The maximum absolute atomic E-state index is 13.5. The van der Waals surface area contributed by atoms with Gasteiger partial charge in [0, 0.05) is 12.4 Å². The highest BCUT2D eigenvalue weighted by Crippen LogP contribution is 2.25. The minimum absolute atomic E-state index is 0.253. The molecule has 0 saturated heterocycles. The lowest BCUT2D eigenvalue weighted by atomic mass is 10.0. The van der Waals surface area contributed by atoms with Gasteiger partial charge in [-0.05, 0) is 101 Å². The molecule has 2 N–H and O–H groups in total. The summed E-state index contributed by atoms with van der Waals surface area (Å²) in [6.45, 7) is 11.2. The molecule has 0 aliphatic heterocycles. The van der Waals surface area contributed by atoms with Crippen LogP contribution in [0.1, 0.15) is 47.1 Å². The Labute approximate surface area is 213 Å². The Balaban J connectivity index is 1.82. The number of amides is 2. The van der Waals surface area contributed by atoms with Crippen molar-refractivity contribution in [3.05, 3.63) is 78.6 Å². The summed E-state index contributed by atoms with van der Waals surface area (Å²) < 4.78 is 11.4. The van der Waals surface area contributed by atoms with E-state index < -0.39 is 23.6 Å². The molecule has 0 bridgehead atoms. The summed E-state index contributed by atoms with van der Waals surface area (Å²) in [5, 5.41) is 0. The zero-order chi connectivity index (χ0) is 26.5. The van der Waals surface area contributed by atoms with Crippen LogP contribution in [0.5, 0.6) is 5.75 Å². The standard InChI is InChI=1S/C29H35N3O4/c1-28(2,3)35-24-13-7-20(8-14-24)19-25(30)26(33)32(27(34)36-29(4,5)6)23-11-9-21(10-12-23)22-15-17-31-18-16-22/h7-18,25H,19,30H2,1-6H3/t25-/m1/s1. The number of rotatable bonds is 6. The second-order valence-electron chi connectivity index (χ2n) is 10.6. The van der Waals surface area contributed by atoms with Gasteiger partial charge in [-0.2, -0.15) is 0 Å². The van der Waals surface area contributed by atoms with E-state index in [2.05, 4.69) is 4.98 Å². The smallest absolute Gasteiger partial charge is 0.421 e. The van der Waals surface area contributed by atoms with Gasteiger partial charge in [-0.3, -0.25) is 9.78 Å². The van der Waals surface area contributed by atoms with Gasteiger partial charge in [0.05, 0.1) is 11.7 Å². The molecule has 1 atom stereocenters. The third-order valence-electron chi connectivity index (χ3n) is 5.06. The van der Waals surface area contributed by atoms with Crippen LogP contribution in [-0.2, 0) is 16.0 Å². The second-order valence-corrected chi connectivity index (χ2v) is 10.6. The van der Waals surface area contributed by atoms with E-state index in [1.165, 1.54) is 0 Å². The van der Waals surface area contributed by atoms with Crippen molar-refractivity contribution in [2.75, 3.05) is 4.90 Å². The van der Waals surface area contributed by atoms with Gasteiger partial charge < -0.3 is 15.2 Å². The fourth-order valence-corrected chi connectivity index (χ4v) is 3.53. The molecule has 7 nitrogen and oxygen atoms in total.